The molecule has 1 aromatic carbocycles. The molecule has 0 aliphatic carbocycles. The van der Waals surface area contributed by atoms with Crippen LogP contribution in [0.15, 0.2) is 29.3 Å². The van der Waals surface area contributed by atoms with Gasteiger partial charge in [-0.1, -0.05) is 12.1 Å². The number of nitrogens with zero attached hydrogens (tertiary/aromatic N) is 2. The second-order valence-corrected chi connectivity index (χ2v) is 7.85. The lowest BCUT2D eigenvalue weighted by atomic mass is 10.2. The van der Waals surface area contributed by atoms with Crippen LogP contribution in [0.25, 0.3) is 0 Å². The molecule has 0 fully saturated rings. The molecule has 8 nitrogen and oxygen atoms in total. The van der Waals surface area contributed by atoms with Gasteiger partial charge in [0.15, 0.2) is 5.96 Å². The van der Waals surface area contributed by atoms with Gasteiger partial charge in [-0.2, -0.15) is 0 Å². The van der Waals surface area contributed by atoms with E-state index in [9.17, 15) is 4.79 Å². The fourth-order valence-electron chi connectivity index (χ4n) is 2.25. The van der Waals surface area contributed by atoms with Crippen LogP contribution in [-0.2, 0) is 11.3 Å². The maximum Gasteiger partial charge on any atom is 0.407 e. The molecule has 0 aromatic heterocycles. The van der Waals surface area contributed by atoms with Crippen molar-refractivity contribution >= 4 is 12.1 Å². The lowest BCUT2D eigenvalue weighted by Gasteiger charge is -2.19. The molecule has 0 saturated carbocycles. The van der Waals surface area contributed by atoms with Gasteiger partial charge in [-0.3, -0.25) is 0 Å². The van der Waals surface area contributed by atoms with Gasteiger partial charge in [-0.05, 0) is 59.5 Å². The van der Waals surface area contributed by atoms with Crippen LogP contribution >= 0.6 is 0 Å². The summed E-state index contributed by atoms with van der Waals surface area (Å²) in [4.78, 5) is 18.3. The Morgan fingerprint density at radius 3 is 2.52 bits per heavy atom. The van der Waals surface area contributed by atoms with E-state index in [-0.39, 0.29) is 0 Å². The number of amides is 1. The Morgan fingerprint density at radius 1 is 1.14 bits per heavy atom. The highest BCUT2D eigenvalue weighted by Gasteiger charge is 2.15. The fraction of sp³-hybridized carbons (Fsp3) is 0.619. The van der Waals surface area contributed by atoms with Gasteiger partial charge in [0.2, 0.25) is 0 Å². The summed E-state index contributed by atoms with van der Waals surface area (Å²) in [6.45, 7) is 11.3. The first kappa shape index (κ1) is 24.6. The number of likely N-dealkylation sites (N-methyl/N-ethyl adjacent to an activating group) is 1. The number of rotatable bonds is 10. The minimum Gasteiger partial charge on any atom is -0.492 e. The van der Waals surface area contributed by atoms with Crippen molar-refractivity contribution in [3.8, 4) is 5.75 Å². The van der Waals surface area contributed by atoms with Crippen molar-refractivity contribution in [3.63, 3.8) is 0 Å². The van der Waals surface area contributed by atoms with Gasteiger partial charge in [0.05, 0.1) is 6.54 Å². The highest BCUT2D eigenvalue weighted by Crippen LogP contribution is 2.14. The van der Waals surface area contributed by atoms with Gasteiger partial charge in [-0.25, -0.2) is 9.79 Å². The maximum absolute atomic E-state index is 11.7. The van der Waals surface area contributed by atoms with E-state index in [2.05, 4.69) is 25.8 Å². The number of ether oxygens (including phenoxy) is 2. The van der Waals surface area contributed by atoms with Gasteiger partial charge in [0, 0.05) is 26.2 Å². The molecule has 0 unspecified atom stereocenters. The smallest absolute Gasteiger partial charge is 0.407 e. The largest absolute Gasteiger partial charge is 0.492 e. The van der Waals surface area contributed by atoms with Crippen LogP contribution in [0.2, 0.25) is 0 Å². The molecule has 164 valence electrons. The zero-order chi connectivity index (χ0) is 21.7. The van der Waals surface area contributed by atoms with Crippen molar-refractivity contribution in [3.05, 3.63) is 29.8 Å². The van der Waals surface area contributed by atoms with E-state index in [0.29, 0.717) is 32.2 Å². The van der Waals surface area contributed by atoms with Gasteiger partial charge in [0.25, 0.3) is 0 Å². The molecule has 29 heavy (non-hydrogen) atoms. The number of aliphatic imine (C=N–C) groups is 1. The van der Waals surface area contributed by atoms with E-state index >= 15 is 0 Å². The topological polar surface area (TPSA) is 87.2 Å². The molecule has 0 heterocycles. The van der Waals surface area contributed by atoms with E-state index < -0.39 is 11.7 Å². The number of carbonyl (C=O) groups is 1. The third kappa shape index (κ3) is 12.6. The van der Waals surface area contributed by atoms with E-state index in [1.807, 2.05) is 66.1 Å². The summed E-state index contributed by atoms with van der Waals surface area (Å²) in [6.07, 6.45) is -0.424. The molecule has 0 saturated heterocycles. The predicted octanol–water partition coefficient (Wildman–Crippen LogP) is 2.21. The molecule has 1 amide bonds. The van der Waals surface area contributed by atoms with Crippen molar-refractivity contribution in [2.75, 3.05) is 46.9 Å². The summed E-state index contributed by atoms with van der Waals surface area (Å²) < 4.78 is 11.0. The Labute approximate surface area is 175 Å². The van der Waals surface area contributed by atoms with Crippen LogP contribution in [-0.4, -0.2) is 69.4 Å². The van der Waals surface area contributed by atoms with Crippen LogP contribution in [0.3, 0.4) is 0 Å². The van der Waals surface area contributed by atoms with Crippen LogP contribution in [0, 0.1) is 0 Å². The highest BCUT2D eigenvalue weighted by atomic mass is 16.6. The monoisotopic (exact) mass is 407 g/mol. The molecule has 0 bridgehead atoms. The fourth-order valence-corrected chi connectivity index (χ4v) is 2.25. The summed E-state index contributed by atoms with van der Waals surface area (Å²) in [5.74, 6) is 1.54. The zero-order valence-electron chi connectivity index (χ0n) is 18.7. The Balaban J connectivity index is 2.48. The first-order valence-corrected chi connectivity index (χ1v) is 10.0. The lowest BCUT2D eigenvalue weighted by Crippen LogP contribution is -2.42. The minimum atomic E-state index is -0.501. The number of carbonyl (C=O) groups excluding carboxylic acids is 1. The molecule has 0 aliphatic heterocycles. The van der Waals surface area contributed by atoms with Gasteiger partial charge in [0.1, 0.15) is 18.0 Å². The van der Waals surface area contributed by atoms with Gasteiger partial charge >= 0.3 is 6.09 Å². The van der Waals surface area contributed by atoms with Crippen LogP contribution in [0.1, 0.15) is 33.3 Å². The quantitative estimate of drug-likeness (QED) is 0.313. The van der Waals surface area contributed by atoms with Gasteiger partial charge in [-0.15, -0.1) is 0 Å². The summed E-state index contributed by atoms with van der Waals surface area (Å²) in [5.41, 5.74) is 0.565. The minimum absolute atomic E-state index is 0.424. The molecule has 0 spiro atoms. The normalized spacial score (nSPS) is 11.9. The molecule has 8 heteroatoms. The molecule has 0 aliphatic rings. The number of nitrogens with one attached hydrogen (secondary N) is 3. The second kappa shape index (κ2) is 12.9. The summed E-state index contributed by atoms with van der Waals surface area (Å²) in [7, 11) is 4.04. The number of guanidine groups is 1. The first-order chi connectivity index (χ1) is 13.7. The molecule has 1 rings (SSSR count). The Morgan fingerprint density at radius 2 is 1.86 bits per heavy atom. The molecular formula is C21H37N5O3. The molecule has 0 atom stereocenters. The molecule has 1 aromatic rings. The Bertz CT molecular complexity index is 641. The molecule has 0 radical (unpaired) electrons. The van der Waals surface area contributed by atoms with Crippen LogP contribution in [0.4, 0.5) is 4.79 Å². The standard InChI is InChI=1S/C21H37N5O3/c1-7-22-19(23-11-12-24-20(27)29-21(2,3)4)25-16-17-9-8-10-18(15-17)28-14-13-26(5)6/h8-10,15H,7,11-14,16H2,1-6H3,(H,24,27)(H2,22,23,25). The number of benzene rings is 1. The van der Waals surface area contributed by atoms with Crippen molar-refractivity contribution in [1.29, 1.82) is 0 Å². The van der Waals surface area contributed by atoms with E-state index in [1.54, 1.807) is 0 Å². The SMILES string of the molecule is CCNC(=NCc1cccc(OCCN(C)C)c1)NCCNC(=O)OC(C)(C)C. The third-order valence-corrected chi connectivity index (χ3v) is 3.56. The maximum atomic E-state index is 11.7. The lowest BCUT2D eigenvalue weighted by molar-refractivity contribution is 0.0529. The molecular weight excluding hydrogens is 370 g/mol. The van der Waals surface area contributed by atoms with Crippen molar-refractivity contribution < 1.29 is 14.3 Å². The van der Waals surface area contributed by atoms with Crippen molar-refractivity contribution in [2.45, 2.75) is 39.8 Å². The zero-order valence-corrected chi connectivity index (χ0v) is 18.7. The van der Waals surface area contributed by atoms with Crippen molar-refractivity contribution in [1.82, 2.24) is 20.9 Å². The Hall–Kier alpha value is -2.48. The van der Waals surface area contributed by atoms with Crippen LogP contribution in [0.5, 0.6) is 5.75 Å². The second-order valence-electron chi connectivity index (χ2n) is 7.85. The average Bonchev–Trinajstić information content (AvgIpc) is 2.61. The van der Waals surface area contributed by atoms with E-state index in [4.69, 9.17) is 9.47 Å². The van der Waals surface area contributed by atoms with Gasteiger partial charge < -0.3 is 30.3 Å². The van der Waals surface area contributed by atoms with Crippen molar-refractivity contribution in [2.24, 2.45) is 4.99 Å². The molecule has 3 N–H and O–H groups in total. The summed E-state index contributed by atoms with van der Waals surface area (Å²) in [6, 6.07) is 7.96. The van der Waals surface area contributed by atoms with E-state index in [0.717, 1.165) is 24.4 Å². The number of alkyl carbamates (subject to hydrolysis) is 1. The average molecular weight is 408 g/mol. The number of hydrogen-bond donors (Lipinski definition) is 3. The van der Waals surface area contributed by atoms with Crippen LogP contribution < -0.4 is 20.7 Å². The Kier molecular flexibility index (Phi) is 10.9. The first-order valence-electron chi connectivity index (χ1n) is 10.0. The third-order valence-electron chi connectivity index (χ3n) is 3.56. The predicted molar refractivity (Wildman–Crippen MR) is 118 cm³/mol. The summed E-state index contributed by atoms with van der Waals surface area (Å²) in [5, 5.41) is 9.12. The van der Waals surface area contributed by atoms with E-state index in [1.165, 1.54) is 0 Å². The number of hydrogen-bond acceptors (Lipinski definition) is 5. The summed E-state index contributed by atoms with van der Waals surface area (Å²) >= 11 is 0. The highest BCUT2D eigenvalue weighted by molar-refractivity contribution is 5.79.